The summed E-state index contributed by atoms with van der Waals surface area (Å²) in [6.07, 6.45) is 0. The van der Waals surface area contributed by atoms with Crippen LogP contribution in [-0.4, -0.2) is 15.0 Å². The van der Waals surface area contributed by atoms with Crippen LogP contribution in [0.1, 0.15) is 18.5 Å². The molecule has 3 heteroatoms. The minimum Gasteiger partial charge on any atom is -0.176 e. The zero-order chi connectivity index (χ0) is 11.7. The fourth-order valence-corrected chi connectivity index (χ4v) is 1.91. The minimum atomic E-state index is 0.156. The molecule has 0 aliphatic heterocycles. The SMILES string of the molecule is C[C@@H](c1ccccc1)n1nc2ccccc2n1. The van der Waals surface area contributed by atoms with Crippen molar-refractivity contribution in [3.63, 3.8) is 0 Å². The zero-order valence-electron chi connectivity index (χ0n) is 9.62. The maximum Gasteiger partial charge on any atom is 0.113 e. The molecule has 0 saturated heterocycles. The van der Waals surface area contributed by atoms with Crippen molar-refractivity contribution in [3.05, 3.63) is 60.2 Å². The third-order valence-corrected chi connectivity index (χ3v) is 2.93. The van der Waals surface area contributed by atoms with Crippen LogP contribution in [0.15, 0.2) is 54.6 Å². The van der Waals surface area contributed by atoms with Gasteiger partial charge in [0.2, 0.25) is 0 Å². The highest BCUT2D eigenvalue weighted by atomic mass is 15.5. The quantitative estimate of drug-likeness (QED) is 0.668. The van der Waals surface area contributed by atoms with E-state index in [0.29, 0.717) is 0 Å². The van der Waals surface area contributed by atoms with Gasteiger partial charge in [-0.1, -0.05) is 42.5 Å². The van der Waals surface area contributed by atoms with Crippen LogP contribution < -0.4 is 0 Å². The van der Waals surface area contributed by atoms with E-state index in [1.54, 1.807) is 4.80 Å². The van der Waals surface area contributed by atoms with Gasteiger partial charge in [-0.3, -0.25) is 0 Å². The normalized spacial score (nSPS) is 12.8. The molecule has 2 aromatic carbocycles. The van der Waals surface area contributed by atoms with Crippen molar-refractivity contribution in [1.29, 1.82) is 0 Å². The lowest BCUT2D eigenvalue weighted by Gasteiger charge is -2.10. The van der Waals surface area contributed by atoms with Gasteiger partial charge in [-0.2, -0.15) is 15.0 Å². The maximum absolute atomic E-state index is 4.49. The summed E-state index contributed by atoms with van der Waals surface area (Å²) in [6, 6.07) is 18.4. The van der Waals surface area contributed by atoms with Gasteiger partial charge in [0.15, 0.2) is 0 Å². The van der Waals surface area contributed by atoms with E-state index in [1.165, 1.54) is 5.56 Å². The summed E-state index contributed by atoms with van der Waals surface area (Å²) in [5.74, 6) is 0. The van der Waals surface area contributed by atoms with E-state index in [2.05, 4.69) is 29.3 Å². The van der Waals surface area contributed by atoms with Crippen molar-refractivity contribution < 1.29 is 0 Å². The fourth-order valence-electron chi connectivity index (χ4n) is 1.91. The van der Waals surface area contributed by atoms with Crippen molar-refractivity contribution in [2.24, 2.45) is 0 Å². The van der Waals surface area contributed by atoms with Gasteiger partial charge in [-0.25, -0.2) is 0 Å². The van der Waals surface area contributed by atoms with Gasteiger partial charge in [-0.05, 0) is 24.6 Å². The molecule has 1 heterocycles. The predicted octanol–water partition coefficient (Wildman–Crippen LogP) is 3.04. The number of benzene rings is 2. The maximum atomic E-state index is 4.49. The Morgan fingerprint density at radius 3 is 1.94 bits per heavy atom. The molecule has 3 nitrogen and oxygen atoms in total. The van der Waals surface area contributed by atoms with Crippen LogP contribution in [0.2, 0.25) is 0 Å². The summed E-state index contributed by atoms with van der Waals surface area (Å²) in [5, 5.41) is 8.99. The molecule has 0 aliphatic rings. The first-order valence-electron chi connectivity index (χ1n) is 5.71. The fraction of sp³-hybridized carbons (Fsp3) is 0.143. The Balaban J connectivity index is 2.04. The van der Waals surface area contributed by atoms with Gasteiger partial charge in [0.25, 0.3) is 0 Å². The predicted molar refractivity (Wildman–Crippen MR) is 67.8 cm³/mol. The van der Waals surface area contributed by atoms with Gasteiger partial charge in [0.05, 0.1) is 6.04 Å². The van der Waals surface area contributed by atoms with E-state index in [0.717, 1.165) is 11.0 Å². The average Bonchev–Trinajstić information content (AvgIpc) is 2.82. The third kappa shape index (κ3) is 1.80. The van der Waals surface area contributed by atoms with Crippen LogP contribution in [0.3, 0.4) is 0 Å². The first kappa shape index (κ1) is 10.0. The Labute approximate surface area is 99.7 Å². The largest absolute Gasteiger partial charge is 0.176 e. The lowest BCUT2D eigenvalue weighted by molar-refractivity contribution is 0.499. The molecule has 0 radical (unpaired) electrons. The molecule has 0 spiro atoms. The van der Waals surface area contributed by atoms with Crippen molar-refractivity contribution in [2.45, 2.75) is 13.0 Å². The summed E-state index contributed by atoms with van der Waals surface area (Å²) in [4.78, 5) is 1.78. The van der Waals surface area contributed by atoms with Gasteiger partial charge in [0.1, 0.15) is 11.0 Å². The average molecular weight is 223 g/mol. The monoisotopic (exact) mass is 223 g/mol. The van der Waals surface area contributed by atoms with E-state index < -0.39 is 0 Å². The number of rotatable bonds is 2. The third-order valence-electron chi connectivity index (χ3n) is 2.93. The van der Waals surface area contributed by atoms with Crippen molar-refractivity contribution >= 4 is 11.0 Å². The molecule has 17 heavy (non-hydrogen) atoms. The molecule has 3 rings (SSSR count). The zero-order valence-corrected chi connectivity index (χ0v) is 9.62. The molecule has 0 unspecified atom stereocenters. The second-order valence-electron chi connectivity index (χ2n) is 4.10. The molecule has 0 aliphatic carbocycles. The van der Waals surface area contributed by atoms with Gasteiger partial charge in [-0.15, -0.1) is 0 Å². The van der Waals surface area contributed by atoms with Crippen LogP contribution in [-0.2, 0) is 0 Å². The summed E-state index contributed by atoms with van der Waals surface area (Å²) >= 11 is 0. The summed E-state index contributed by atoms with van der Waals surface area (Å²) in [5.41, 5.74) is 3.10. The number of fused-ring (bicyclic) bond motifs is 1. The molecule has 0 saturated carbocycles. The summed E-state index contributed by atoms with van der Waals surface area (Å²) < 4.78 is 0. The number of aromatic nitrogens is 3. The topological polar surface area (TPSA) is 30.7 Å². The standard InChI is InChI=1S/C14H13N3/c1-11(12-7-3-2-4-8-12)17-15-13-9-5-6-10-14(13)16-17/h2-11H,1H3/t11-/m0/s1. The minimum absolute atomic E-state index is 0.156. The molecule has 84 valence electrons. The van der Waals surface area contributed by atoms with Gasteiger partial charge < -0.3 is 0 Å². The Morgan fingerprint density at radius 2 is 1.35 bits per heavy atom. The van der Waals surface area contributed by atoms with E-state index in [1.807, 2.05) is 42.5 Å². The highest BCUT2D eigenvalue weighted by Crippen LogP contribution is 2.17. The molecule has 1 aromatic heterocycles. The lowest BCUT2D eigenvalue weighted by atomic mass is 10.1. The van der Waals surface area contributed by atoms with Crippen LogP contribution in [0.5, 0.6) is 0 Å². The van der Waals surface area contributed by atoms with Crippen LogP contribution in [0.4, 0.5) is 0 Å². The van der Waals surface area contributed by atoms with Crippen molar-refractivity contribution in [1.82, 2.24) is 15.0 Å². The first-order valence-corrected chi connectivity index (χ1v) is 5.71. The lowest BCUT2D eigenvalue weighted by Crippen LogP contribution is -2.09. The molecular formula is C14H13N3. The van der Waals surface area contributed by atoms with E-state index in [9.17, 15) is 0 Å². The smallest absolute Gasteiger partial charge is 0.113 e. The van der Waals surface area contributed by atoms with Gasteiger partial charge in [0, 0.05) is 0 Å². The Kier molecular flexibility index (Phi) is 2.37. The number of hydrogen-bond acceptors (Lipinski definition) is 2. The molecule has 0 N–H and O–H groups in total. The highest BCUT2D eigenvalue weighted by Gasteiger charge is 2.10. The van der Waals surface area contributed by atoms with E-state index in [-0.39, 0.29) is 6.04 Å². The van der Waals surface area contributed by atoms with E-state index in [4.69, 9.17) is 0 Å². The number of nitrogens with zero attached hydrogens (tertiary/aromatic N) is 3. The molecular weight excluding hydrogens is 210 g/mol. The van der Waals surface area contributed by atoms with Crippen molar-refractivity contribution in [2.75, 3.05) is 0 Å². The Bertz CT molecular complexity index is 595. The second kappa shape index (κ2) is 4.01. The molecule has 0 bridgehead atoms. The molecule has 0 amide bonds. The van der Waals surface area contributed by atoms with Gasteiger partial charge >= 0.3 is 0 Å². The molecule has 3 aromatic rings. The number of hydrogen-bond donors (Lipinski definition) is 0. The second-order valence-corrected chi connectivity index (χ2v) is 4.10. The Hall–Kier alpha value is -2.16. The van der Waals surface area contributed by atoms with Crippen molar-refractivity contribution in [3.8, 4) is 0 Å². The van der Waals surface area contributed by atoms with Crippen LogP contribution >= 0.6 is 0 Å². The molecule has 0 fully saturated rings. The summed E-state index contributed by atoms with van der Waals surface area (Å²) in [7, 11) is 0. The van der Waals surface area contributed by atoms with Crippen LogP contribution in [0, 0.1) is 0 Å². The first-order chi connectivity index (χ1) is 8.34. The highest BCUT2D eigenvalue weighted by molar-refractivity contribution is 5.73. The van der Waals surface area contributed by atoms with Crippen LogP contribution in [0.25, 0.3) is 11.0 Å². The van der Waals surface area contributed by atoms with E-state index >= 15 is 0 Å². The molecule has 1 atom stereocenters. The summed E-state index contributed by atoms with van der Waals surface area (Å²) in [6.45, 7) is 2.11. The Morgan fingerprint density at radius 1 is 0.824 bits per heavy atom.